The lowest BCUT2D eigenvalue weighted by atomic mass is 10.2. The highest BCUT2D eigenvalue weighted by Gasteiger charge is 2.10. The molecule has 5 nitrogen and oxygen atoms in total. The summed E-state index contributed by atoms with van der Waals surface area (Å²) >= 11 is 1.66. The minimum atomic E-state index is 0.520. The van der Waals surface area contributed by atoms with E-state index >= 15 is 0 Å². The molecule has 0 aliphatic rings. The van der Waals surface area contributed by atoms with Crippen LogP contribution in [0.4, 0.5) is 5.82 Å². The lowest BCUT2D eigenvalue weighted by molar-refractivity contribution is 0.293. The van der Waals surface area contributed by atoms with Gasteiger partial charge in [0.15, 0.2) is 0 Å². The molecule has 2 heterocycles. The Balaban J connectivity index is 2.14. The third-order valence-electron chi connectivity index (χ3n) is 2.33. The average molecular weight is 250 g/mol. The molecular formula is C11H14N4OS. The molecule has 3 N–H and O–H groups in total. The van der Waals surface area contributed by atoms with Crippen molar-refractivity contribution in [3.63, 3.8) is 0 Å². The van der Waals surface area contributed by atoms with Crippen LogP contribution in [0.25, 0.3) is 0 Å². The van der Waals surface area contributed by atoms with Crippen molar-refractivity contribution in [3.05, 3.63) is 34.3 Å². The first kappa shape index (κ1) is 11.8. The molecule has 2 rings (SSSR count). The SMILES string of the molecule is CCc1c(NN)ncnc1OCc1cccs1. The normalized spacial score (nSPS) is 10.2. The number of rotatable bonds is 5. The minimum absolute atomic E-state index is 0.520. The third kappa shape index (κ3) is 2.72. The predicted octanol–water partition coefficient (Wildman–Crippen LogP) is 1.97. The van der Waals surface area contributed by atoms with Crippen LogP contribution in [0.5, 0.6) is 5.88 Å². The maximum absolute atomic E-state index is 5.68. The summed E-state index contributed by atoms with van der Waals surface area (Å²) in [6, 6.07) is 4.02. The number of nitrogens with two attached hydrogens (primary N) is 1. The van der Waals surface area contributed by atoms with Crippen molar-refractivity contribution in [1.29, 1.82) is 0 Å². The Hall–Kier alpha value is -1.66. The molecule has 0 radical (unpaired) electrons. The third-order valence-corrected chi connectivity index (χ3v) is 3.18. The summed E-state index contributed by atoms with van der Waals surface area (Å²) in [4.78, 5) is 9.34. The minimum Gasteiger partial charge on any atom is -0.472 e. The van der Waals surface area contributed by atoms with Crippen LogP contribution in [0, 0.1) is 0 Å². The average Bonchev–Trinajstić information content (AvgIpc) is 2.88. The quantitative estimate of drug-likeness (QED) is 0.627. The summed E-state index contributed by atoms with van der Waals surface area (Å²) in [5.74, 6) is 6.59. The summed E-state index contributed by atoms with van der Waals surface area (Å²) in [5, 5.41) is 2.02. The Bertz CT molecular complexity index is 472. The molecule has 6 heteroatoms. The molecule has 0 aromatic carbocycles. The van der Waals surface area contributed by atoms with Crippen molar-refractivity contribution < 1.29 is 4.74 Å². The predicted molar refractivity (Wildman–Crippen MR) is 67.9 cm³/mol. The van der Waals surface area contributed by atoms with Crippen molar-refractivity contribution in [2.75, 3.05) is 5.43 Å². The zero-order valence-corrected chi connectivity index (χ0v) is 10.3. The number of thiophene rings is 1. The van der Waals surface area contributed by atoms with Crippen LogP contribution in [0.15, 0.2) is 23.8 Å². The van der Waals surface area contributed by atoms with E-state index < -0.39 is 0 Å². The second-order valence-corrected chi connectivity index (χ2v) is 4.40. The molecule has 0 amide bonds. The van der Waals surface area contributed by atoms with Gasteiger partial charge in [0.1, 0.15) is 18.8 Å². The van der Waals surface area contributed by atoms with Gasteiger partial charge in [-0.1, -0.05) is 13.0 Å². The monoisotopic (exact) mass is 250 g/mol. The van der Waals surface area contributed by atoms with Crippen molar-refractivity contribution in [2.24, 2.45) is 5.84 Å². The highest BCUT2D eigenvalue weighted by molar-refractivity contribution is 7.09. The first-order valence-corrected chi connectivity index (χ1v) is 6.18. The molecule has 90 valence electrons. The topological polar surface area (TPSA) is 73.1 Å². The zero-order valence-electron chi connectivity index (χ0n) is 9.51. The van der Waals surface area contributed by atoms with Gasteiger partial charge in [0.05, 0.1) is 5.56 Å². The second kappa shape index (κ2) is 5.60. The largest absolute Gasteiger partial charge is 0.472 e. The van der Waals surface area contributed by atoms with Crippen LogP contribution in [-0.4, -0.2) is 9.97 Å². The fourth-order valence-electron chi connectivity index (χ4n) is 1.50. The number of hydrazine groups is 1. The van der Waals surface area contributed by atoms with E-state index in [1.807, 2.05) is 24.4 Å². The van der Waals surface area contributed by atoms with E-state index in [2.05, 4.69) is 15.4 Å². The second-order valence-electron chi connectivity index (χ2n) is 3.37. The van der Waals surface area contributed by atoms with Gasteiger partial charge >= 0.3 is 0 Å². The molecule has 0 saturated heterocycles. The summed E-state index contributed by atoms with van der Waals surface area (Å²) in [6.45, 7) is 2.53. The van der Waals surface area contributed by atoms with Crippen molar-refractivity contribution in [2.45, 2.75) is 20.0 Å². The van der Waals surface area contributed by atoms with Gasteiger partial charge in [0, 0.05) is 4.88 Å². The highest BCUT2D eigenvalue weighted by atomic mass is 32.1. The Kier molecular flexibility index (Phi) is 3.89. The number of nitrogens with one attached hydrogen (secondary N) is 1. The van der Waals surface area contributed by atoms with Gasteiger partial charge in [-0.05, 0) is 17.9 Å². The maximum Gasteiger partial charge on any atom is 0.222 e. The van der Waals surface area contributed by atoms with E-state index in [0.717, 1.165) is 16.9 Å². The Labute approximate surface area is 104 Å². The zero-order chi connectivity index (χ0) is 12.1. The van der Waals surface area contributed by atoms with Crippen LogP contribution in [0.1, 0.15) is 17.4 Å². The maximum atomic E-state index is 5.68. The number of ether oxygens (including phenoxy) is 1. The van der Waals surface area contributed by atoms with Crippen LogP contribution in [-0.2, 0) is 13.0 Å². The Morgan fingerprint density at radius 3 is 3.00 bits per heavy atom. The molecule has 0 unspecified atom stereocenters. The van der Waals surface area contributed by atoms with Crippen molar-refractivity contribution in [3.8, 4) is 5.88 Å². The fraction of sp³-hybridized carbons (Fsp3) is 0.273. The molecule has 0 aliphatic carbocycles. The number of nitrogen functional groups attached to an aromatic ring is 1. The first-order valence-electron chi connectivity index (χ1n) is 5.30. The lowest BCUT2D eigenvalue weighted by Gasteiger charge is -2.11. The van der Waals surface area contributed by atoms with Crippen LogP contribution >= 0.6 is 11.3 Å². The fourth-order valence-corrected chi connectivity index (χ4v) is 2.11. The Morgan fingerprint density at radius 1 is 1.47 bits per heavy atom. The standard InChI is InChI=1S/C11H14N4OS/c1-2-9-10(15-12)13-7-14-11(9)16-6-8-4-3-5-17-8/h3-5,7H,2,6,12H2,1H3,(H,13,14,15). The van der Waals surface area contributed by atoms with Gasteiger partial charge in [-0.25, -0.2) is 15.8 Å². The van der Waals surface area contributed by atoms with Gasteiger partial charge in [-0.2, -0.15) is 0 Å². The summed E-state index contributed by atoms with van der Waals surface area (Å²) in [7, 11) is 0. The molecule has 2 aromatic heterocycles. The summed E-state index contributed by atoms with van der Waals surface area (Å²) in [5.41, 5.74) is 3.45. The molecular weight excluding hydrogens is 236 g/mol. The van der Waals surface area contributed by atoms with Gasteiger partial charge in [-0.3, -0.25) is 0 Å². The Morgan fingerprint density at radius 2 is 2.35 bits per heavy atom. The first-order chi connectivity index (χ1) is 8.35. The summed E-state index contributed by atoms with van der Waals surface area (Å²) < 4.78 is 5.68. The number of anilines is 1. The van der Waals surface area contributed by atoms with E-state index in [-0.39, 0.29) is 0 Å². The van der Waals surface area contributed by atoms with Gasteiger partial charge in [0.2, 0.25) is 5.88 Å². The van der Waals surface area contributed by atoms with E-state index in [0.29, 0.717) is 18.3 Å². The number of aromatic nitrogens is 2. The van der Waals surface area contributed by atoms with Crippen LogP contribution < -0.4 is 16.0 Å². The smallest absolute Gasteiger partial charge is 0.222 e. The highest BCUT2D eigenvalue weighted by Crippen LogP contribution is 2.23. The van der Waals surface area contributed by atoms with Gasteiger partial charge in [0.25, 0.3) is 0 Å². The molecule has 0 aliphatic heterocycles. The van der Waals surface area contributed by atoms with Crippen LogP contribution in [0.3, 0.4) is 0 Å². The lowest BCUT2D eigenvalue weighted by Crippen LogP contribution is -2.12. The van der Waals surface area contributed by atoms with Gasteiger partial charge in [-0.15, -0.1) is 11.3 Å². The summed E-state index contributed by atoms with van der Waals surface area (Å²) in [6.07, 6.45) is 2.21. The molecule has 0 spiro atoms. The van der Waals surface area contributed by atoms with Crippen molar-refractivity contribution in [1.82, 2.24) is 9.97 Å². The molecule has 0 saturated carbocycles. The van der Waals surface area contributed by atoms with Gasteiger partial charge < -0.3 is 10.2 Å². The van der Waals surface area contributed by atoms with Crippen molar-refractivity contribution >= 4 is 17.2 Å². The van der Waals surface area contributed by atoms with E-state index in [1.165, 1.54) is 6.33 Å². The van der Waals surface area contributed by atoms with Crippen LogP contribution in [0.2, 0.25) is 0 Å². The number of hydrogen-bond donors (Lipinski definition) is 2. The van der Waals surface area contributed by atoms with E-state index in [9.17, 15) is 0 Å². The molecule has 17 heavy (non-hydrogen) atoms. The number of nitrogens with zero attached hydrogens (tertiary/aromatic N) is 2. The number of hydrogen-bond acceptors (Lipinski definition) is 6. The molecule has 0 atom stereocenters. The van der Waals surface area contributed by atoms with E-state index in [4.69, 9.17) is 10.6 Å². The molecule has 2 aromatic rings. The molecule has 0 bridgehead atoms. The van der Waals surface area contributed by atoms with E-state index in [1.54, 1.807) is 11.3 Å². The molecule has 0 fully saturated rings.